The summed E-state index contributed by atoms with van der Waals surface area (Å²) in [5.74, 6) is 1.58. The number of hydrogen-bond acceptors (Lipinski definition) is 4. The fourth-order valence-corrected chi connectivity index (χ4v) is 3.33. The third-order valence-electron chi connectivity index (χ3n) is 4.75. The van der Waals surface area contributed by atoms with Crippen LogP contribution in [0.5, 0.6) is 0 Å². The second-order valence-corrected chi connectivity index (χ2v) is 6.59. The molecule has 0 amide bonds. The Morgan fingerprint density at radius 2 is 2.12 bits per heavy atom. The average Bonchev–Trinajstić information content (AvgIpc) is 3.16. The normalized spacial score (nSPS) is 18.2. The van der Waals surface area contributed by atoms with E-state index < -0.39 is 0 Å². The Bertz CT molecular complexity index is 570. The number of aromatic nitrogens is 2. The number of guanidine groups is 1. The fraction of sp³-hybridized carbons (Fsp3) is 0.778. The smallest absolute Gasteiger partial charge is 0.194 e. The third-order valence-corrected chi connectivity index (χ3v) is 4.75. The number of nitrogens with zero attached hydrogens (tertiary/aromatic N) is 4. The maximum Gasteiger partial charge on any atom is 0.194 e. The van der Waals surface area contributed by atoms with Crippen LogP contribution < -0.4 is 5.32 Å². The molecule has 0 aliphatic carbocycles. The summed E-state index contributed by atoms with van der Waals surface area (Å²) >= 11 is 0. The van der Waals surface area contributed by atoms with Gasteiger partial charge in [0, 0.05) is 51.0 Å². The van der Waals surface area contributed by atoms with Crippen molar-refractivity contribution >= 4 is 5.96 Å². The molecule has 1 N–H and O–H groups in total. The minimum atomic E-state index is 0.592. The van der Waals surface area contributed by atoms with E-state index in [2.05, 4.69) is 36.1 Å². The predicted molar refractivity (Wildman–Crippen MR) is 99.9 cm³/mol. The molecule has 25 heavy (non-hydrogen) atoms. The lowest BCUT2D eigenvalue weighted by Crippen LogP contribution is -2.40. The van der Waals surface area contributed by atoms with Gasteiger partial charge in [-0.25, -0.2) is 4.99 Å². The van der Waals surface area contributed by atoms with Crippen molar-refractivity contribution in [3.63, 3.8) is 0 Å². The largest absolute Gasteiger partial charge is 0.384 e. The van der Waals surface area contributed by atoms with Crippen molar-refractivity contribution in [1.82, 2.24) is 20.0 Å². The van der Waals surface area contributed by atoms with Crippen LogP contribution in [-0.2, 0) is 22.6 Å². The van der Waals surface area contributed by atoms with Gasteiger partial charge < -0.3 is 19.7 Å². The monoisotopic (exact) mass is 351 g/mol. The molecule has 1 aromatic heterocycles. The molecule has 1 aliphatic rings. The minimum absolute atomic E-state index is 0.592. The van der Waals surface area contributed by atoms with E-state index >= 15 is 0 Å². The van der Waals surface area contributed by atoms with Crippen LogP contribution in [0.1, 0.15) is 30.3 Å². The Labute approximate surface area is 151 Å². The highest BCUT2D eigenvalue weighted by molar-refractivity contribution is 5.80. The van der Waals surface area contributed by atoms with Gasteiger partial charge in [0.15, 0.2) is 5.96 Å². The Hall–Kier alpha value is -1.60. The Balaban J connectivity index is 2.07. The molecule has 7 nitrogen and oxygen atoms in total. The van der Waals surface area contributed by atoms with E-state index in [0.29, 0.717) is 19.1 Å². The van der Waals surface area contributed by atoms with Crippen molar-refractivity contribution in [2.75, 3.05) is 47.1 Å². The lowest BCUT2D eigenvalue weighted by atomic mass is 10.1. The summed E-state index contributed by atoms with van der Waals surface area (Å²) in [5.41, 5.74) is 3.43. The first-order chi connectivity index (χ1) is 12.1. The maximum absolute atomic E-state index is 5.30. The summed E-state index contributed by atoms with van der Waals surface area (Å²) in [5, 5.41) is 8.05. The molecule has 142 valence electrons. The van der Waals surface area contributed by atoms with Gasteiger partial charge in [-0.3, -0.25) is 4.68 Å². The van der Waals surface area contributed by atoms with Crippen LogP contribution in [-0.4, -0.2) is 67.7 Å². The van der Waals surface area contributed by atoms with Crippen molar-refractivity contribution in [2.45, 2.75) is 40.3 Å². The highest BCUT2D eigenvalue weighted by Crippen LogP contribution is 2.18. The topological polar surface area (TPSA) is 63.9 Å². The summed E-state index contributed by atoms with van der Waals surface area (Å²) in [6, 6.07) is 0. The first-order valence-electron chi connectivity index (χ1n) is 9.14. The highest BCUT2D eigenvalue weighted by Gasteiger charge is 2.24. The zero-order chi connectivity index (χ0) is 18.2. The number of rotatable bonds is 8. The van der Waals surface area contributed by atoms with Crippen LogP contribution >= 0.6 is 0 Å². The van der Waals surface area contributed by atoms with Crippen molar-refractivity contribution in [1.29, 1.82) is 0 Å². The Kier molecular flexibility index (Phi) is 7.71. The van der Waals surface area contributed by atoms with Gasteiger partial charge in [0.25, 0.3) is 0 Å². The summed E-state index contributed by atoms with van der Waals surface area (Å²) in [6.07, 6.45) is 1.16. The van der Waals surface area contributed by atoms with Gasteiger partial charge in [-0.2, -0.15) is 5.10 Å². The van der Waals surface area contributed by atoms with Crippen LogP contribution in [0, 0.1) is 19.8 Å². The average molecular weight is 351 g/mol. The molecule has 0 aromatic carbocycles. The summed E-state index contributed by atoms with van der Waals surface area (Å²) in [4.78, 5) is 7.22. The van der Waals surface area contributed by atoms with Gasteiger partial charge >= 0.3 is 0 Å². The maximum atomic E-state index is 5.30. The van der Waals surface area contributed by atoms with E-state index in [0.717, 1.165) is 50.9 Å². The van der Waals surface area contributed by atoms with E-state index in [1.54, 1.807) is 14.2 Å². The Morgan fingerprint density at radius 3 is 2.80 bits per heavy atom. The number of ether oxygens (including phenoxy) is 2. The van der Waals surface area contributed by atoms with E-state index in [1.807, 2.05) is 4.68 Å². The molecule has 1 atom stereocenters. The van der Waals surface area contributed by atoms with Crippen molar-refractivity contribution in [3.8, 4) is 0 Å². The first-order valence-corrected chi connectivity index (χ1v) is 9.14. The second kappa shape index (κ2) is 9.77. The molecule has 2 heterocycles. The third kappa shape index (κ3) is 5.19. The van der Waals surface area contributed by atoms with Gasteiger partial charge in [-0.1, -0.05) is 0 Å². The standard InChI is InChI=1S/C18H33N5O2/c1-6-19-18(22-8-7-16(12-22)13-25-5)20-11-17-14(2)21-23(15(17)3)9-10-24-4/h16H,6-13H2,1-5H3,(H,19,20). The zero-order valence-electron chi connectivity index (χ0n) is 16.3. The van der Waals surface area contributed by atoms with Gasteiger partial charge in [-0.15, -0.1) is 0 Å². The van der Waals surface area contributed by atoms with Crippen molar-refractivity contribution in [2.24, 2.45) is 10.9 Å². The SMILES string of the molecule is CCNC(=NCc1c(C)nn(CCOC)c1C)N1CCC(COC)C1. The molecule has 1 aromatic rings. The molecular formula is C18H33N5O2. The number of methoxy groups -OCH3 is 2. The van der Waals surface area contributed by atoms with Crippen molar-refractivity contribution in [3.05, 3.63) is 17.0 Å². The predicted octanol–water partition coefficient (Wildman–Crippen LogP) is 1.58. The van der Waals surface area contributed by atoms with Crippen LogP contribution in [0.2, 0.25) is 0 Å². The van der Waals surface area contributed by atoms with Gasteiger partial charge in [-0.05, 0) is 27.2 Å². The van der Waals surface area contributed by atoms with Crippen LogP contribution in [0.15, 0.2) is 4.99 Å². The fourth-order valence-electron chi connectivity index (χ4n) is 3.33. The van der Waals surface area contributed by atoms with E-state index in [9.17, 15) is 0 Å². The number of aryl methyl sites for hydroxylation is 1. The lowest BCUT2D eigenvalue weighted by Gasteiger charge is -2.21. The number of nitrogens with one attached hydrogen (secondary N) is 1. The number of aliphatic imine (C=N–C) groups is 1. The van der Waals surface area contributed by atoms with Gasteiger partial charge in [0.1, 0.15) is 0 Å². The second-order valence-electron chi connectivity index (χ2n) is 6.59. The Morgan fingerprint density at radius 1 is 1.32 bits per heavy atom. The molecule has 0 spiro atoms. The zero-order valence-corrected chi connectivity index (χ0v) is 16.3. The summed E-state index contributed by atoms with van der Waals surface area (Å²) in [6.45, 7) is 12.1. The summed E-state index contributed by atoms with van der Waals surface area (Å²) in [7, 11) is 3.49. The molecule has 0 saturated carbocycles. The number of hydrogen-bond donors (Lipinski definition) is 1. The van der Waals surface area contributed by atoms with Crippen molar-refractivity contribution < 1.29 is 9.47 Å². The molecule has 7 heteroatoms. The van der Waals surface area contributed by atoms with Crippen LogP contribution in [0.4, 0.5) is 0 Å². The number of likely N-dealkylation sites (tertiary alicyclic amines) is 1. The molecule has 1 unspecified atom stereocenters. The van der Waals surface area contributed by atoms with Crippen LogP contribution in [0.25, 0.3) is 0 Å². The molecular weight excluding hydrogens is 318 g/mol. The minimum Gasteiger partial charge on any atom is -0.384 e. The molecule has 0 bridgehead atoms. The first kappa shape index (κ1) is 19.7. The van der Waals surface area contributed by atoms with E-state index in [4.69, 9.17) is 14.5 Å². The van der Waals surface area contributed by atoms with E-state index in [1.165, 1.54) is 11.3 Å². The molecule has 1 saturated heterocycles. The van der Waals surface area contributed by atoms with Gasteiger partial charge in [0.05, 0.1) is 32.0 Å². The molecule has 1 fully saturated rings. The van der Waals surface area contributed by atoms with Crippen LogP contribution in [0.3, 0.4) is 0 Å². The van der Waals surface area contributed by atoms with Gasteiger partial charge in [0.2, 0.25) is 0 Å². The molecule has 1 aliphatic heterocycles. The quantitative estimate of drug-likeness (QED) is 0.569. The highest BCUT2D eigenvalue weighted by atomic mass is 16.5. The lowest BCUT2D eigenvalue weighted by molar-refractivity contribution is 0.157. The molecule has 0 radical (unpaired) electrons. The van der Waals surface area contributed by atoms with E-state index in [-0.39, 0.29) is 0 Å². The summed E-state index contributed by atoms with van der Waals surface area (Å²) < 4.78 is 12.5. The molecule has 2 rings (SSSR count).